The topological polar surface area (TPSA) is 27.7 Å². The number of hydrogen-bond donors (Lipinski definition) is 0. The Morgan fingerprint density at radius 2 is 1.43 bits per heavy atom. The Hall–Kier alpha value is -0.120. The Labute approximate surface area is 83.7 Å². The van der Waals surface area contributed by atoms with Crippen LogP contribution in [-0.4, -0.2) is 24.8 Å². The van der Waals surface area contributed by atoms with E-state index in [4.69, 9.17) is 14.2 Å². The van der Waals surface area contributed by atoms with Gasteiger partial charge >= 0.3 is 0 Å². The summed E-state index contributed by atoms with van der Waals surface area (Å²) in [6, 6.07) is 0. The Balaban J connectivity index is 1.87. The summed E-state index contributed by atoms with van der Waals surface area (Å²) in [7, 11) is 0. The van der Waals surface area contributed by atoms with Crippen LogP contribution in [0.15, 0.2) is 0 Å². The van der Waals surface area contributed by atoms with Crippen LogP contribution in [-0.2, 0) is 14.2 Å². The van der Waals surface area contributed by atoms with Gasteiger partial charge in [-0.15, -0.1) is 0 Å². The maximum atomic E-state index is 6.04. The van der Waals surface area contributed by atoms with E-state index in [9.17, 15) is 0 Å². The number of rotatable bonds is 0. The van der Waals surface area contributed by atoms with Crippen molar-refractivity contribution in [1.29, 1.82) is 0 Å². The molecule has 0 aromatic heterocycles. The van der Waals surface area contributed by atoms with Crippen LogP contribution >= 0.6 is 0 Å². The Morgan fingerprint density at radius 3 is 1.93 bits per heavy atom. The zero-order chi connectivity index (χ0) is 9.55. The van der Waals surface area contributed by atoms with Gasteiger partial charge in [0.1, 0.15) is 0 Å². The molecule has 0 unspecified atom stereocenters. The zero-order valence-corrected chi connectivity index (χ0v) is 8.66. The molecule has 78 valence electrons. The van der Waals surface area contributed by atoms with E-state index in [2.05, 4.69) is 13.8 Å². The molecule has 0 spiro atoms. The largest absolute Gasteiger partial charge is 0.349 e. The van der Waals surface area contributed by atoms with E-state index in [1.165, 1.54) is 6.42 Å². The summed E-state index contributed by atoms with van der Waals surface area (Å²) in [6.07, 6.45) is 1.28. The van der Waals surface area contributed by atoms with E-state index in [1.54, 1.807) is 0 Å². The first kappa shape index (κ1) is 8.08. The van der Waals surface area contributed by atoms with Gasteiger partial charge in [0.05, 0.1) is 13.2 Å². The minimum Gasteiger partial charge on any atom is -0.349 e. The van der Waals surface area contributed by atoms with Crippen molar-refractivity contribution in [2.24, 2.45) is 23.7 Å². The maximum Gasteiger partial charge on any atom is 0.172 e. The monoisotopic (exact) mass is 196 g/mol. The molecule has 3 saturated heterocycles. The van der Waals surface area contributed by atoms with Crippen molar-refractivity contribution >= 4 is 0 Å². The predicted molar refractivity (Wildman–Crippen MR) is 48.4 cm³/mol. The van der Waals surface area contributed by atoms with E-state index in [0.29, 0.717) is 11.8 Å². The van der Waals surface area contributed by atoms with Crippen molar-refractivity contribution in [1.82, 2.24) is 0 Å². The Morgan fingerprint density at radius 1 is 0.929 bits per heavy atom. The van der Waals surface area contributed by atoms with Crippen LogP contribution in [0.25, 0.3) is 0 Å². The summed E-state index contributed by atoms with van der Waals surface area (Å²) in [6.45, 7) is 5.97. The van der Waals surface area contributed by atoms with Gasteiger partial charge in [-0.05, 0) is 32.1 Å². The van der Waals surface area contributed by atoms with Crippen molar-refractivity contribution in [3.8, 4) is 0 Å². The summed E-state index contributed by atoms with van der Waals surface area (Å²) in [5.41, 5.74) is 0. The first-order valence-corrected chi connectivity index (χ1v) is 5.60. The molecule has 1 saturated carbocycles. The molecule has 14 heavy (non-hydrogen) atoms. The second-order valence-electron chi connectivity index (χ2n) is 5.56. The van der Waals surface area contributed by atoms with Crippen molar-refractivity contribution in [2.45, 2.75) is 31.8 Å². The molecule has 0 bridgehead atoms. The average molecular weight is 196 g/mol. The van der Waals surface area contributed by atoms with E-state index >= 15 is 0 Å². The summed E-state index contributed by atoms with van der Waals surface area (Å²) >= 11 is 0. The third-order valence-corrected chi connectivity index (χ3v) is 4.79. The van der Waals surface area contributed by atoms with Crippen LogP contribution in [0.5, 0.6) is 0 Å². The van der Waals surface area contributed by atoms with Crippen LogP contribution in [0.3, 0.4) is 0 Å². The highest BCUT2D eigenvalue weighted by Crippen LogP contribution is 2.65. The van der Waals surface area contributed by atoms with Gasteiger partial charge in [-0.25, -0.2) is 0 Å². The van der Waals surface area contributed by atoms with Crippen LogP contribution < -0.4 is 0 Å². The van der Waals surface area contributed by atoms with Gasteiger partial charge in [0.15, 0.2) is 11.6 Å². The van der Waals surface area contributed by atoms with Gasteiger partial charge < -0.3 is 14.2 Å². The molecule has 0 N–H and O–H groups in total. The van der Waals surface area contributed by atoms with Crippen molar-refractivity contribution in [2.75, 3.05) is 13.2 Å². The number of ether oxygens (including phenoxy) is 3. The van der Waals surface area contributed by atoms with Gasteiger partial charge in [-0.3, -0.25) is 0 Å². The molecule has 0 aromatic carbocycles. The van der Waals surface area contributed by atoms with E-state index in [0.717, 1.165) is 25.0 Å². The fourth-order valence-electron chi connectivity index (χ4n) is 4.46. The smallest absolute Gasteiger partial charge is 0.172 e. The van der Waals surface area contributed by atoms with Crippen LogP contribution in [0.1, 0.15) is 20.3 Å². The molecule has 0 amide bonds. The van der Waals surface area contributed by atoms with Crippen molar-refractivity contribution < 1.29 is 14.2 Å². The zero-order valence-electron chi connectivity index (χ0n) is 8.66. The lowest BCUT2D eigenvalue weighted by atomic mass is 9.83. The first-order chi connectivity index (χ1) is 6.62. The predicted octanol–water partition coefficient (Wildman–Crippen LogP) is 1.38. The summed E-state index contributed by atoms with van der Waals surface area (Å²) in [5.74, 6) is 1.92. The van der Waals surface area contributed by atoms with E-state index in [-0.39, 0.29) is 11.6 Å². The standard InChI is InChI=1S/C11H16O3/c1-10-8-6(4-12-10)3-7-5-13-11(2,14-10)9(7)8/h6-9H,3-5H2,1-2H3/t6-,7+,8-,9-,10-,11+/m1/s1. The van der Waals surface area contributed by atoms with Crippen LogP contribution in [0, 0.1) is 23.7 Å². The minimum atomic E-state index is -0.348. The fourth-order valence-corrected chi connectivity index (χ4v) is 4.46. The number of hydrogen-bond acceptors (Lipinski definition) is 3. The second kappa shape index (κ2) is 2.04. The summed E-state index contributed by atoms with van der Waals surface area (Å²) < 4.78 is 17.7. The Kier molecular flexibility index (Phi) is 1.18. The summed E-state index contributed by atoms with van der Waals surface area (Å²) in [4.78, 5) is 0. The Bertz CT molecular complexity index is 277. The molecule has 3 heterocycles. The minimum absolute atomic E-state index is 0.348. The summed E-state index contributed by atoms with van der Waals surface area (Å²) in [5, 5.41) is 0. The normalized spacial score (nSPS) is 69.0. The lowest BCUT2D eigenvalue weighted by Crippen LogP contribution is -2.34. The first-order valence-electron chi connectivity index (χ1n) is 5.60. The third-order valence-electron chi connectivity index (χ3n) is 4.79. The van der Waals surface area contributed by atoms with Gasteiger partial charge in [0, 0.05) is 11.8 Å². The highest BCUT2D eigenvalue weighted by atomic mass is 16.8. The molecule has 1 aliphatic carbocycles. The quantitative estimate of drug-likeness (QED) is 0.585. The van der Waals surface area contributed by atoms with E-state index < -0.39 is 0 Å². The molecule has 0 aromatic rings. The van der Waals surface area contributed by atoms with Crippen LogP contribution in [0.2, 0.25) is 0 Å². The van der Waals surface area contributed by atoms with E-state index in [1.807, 2.05) is 0 Å². The highest BCUT2D eigenvalue weighted by Gasteiger charge is 2.72. The lowest BCUT2D eigenvalue weighted by Gasteiger charge is -2.27. The van der Waals surface area contributed by atoms with Gasteiger partial charge in [-0.1, -0.05) is 0 Å². The fraction of sp³-hybridized carbons (Fsp3) is 1.00. The molecule has 3 nitrogen and oxygen atoms in total. The second-order valence-corrected chi connectivity index (χ2v) is 5.56. The molecule has 3 aliphatic heterocycles. The molecule has 4 aliphatic rings. The molecular formula is C11H16O3. The maximum absolute atomic E-state index is 6.04. The molecule has 4 rings (SSSR count). The van der Waals surface area contributed by atoms with Crippen LogP contribution in [0.4, 0.5) is 0 Å². The lowest BCUT2D eigenvalue weighted by molar-refractivity contribution is -0.294. The van der Waals surface area contributed by atoms with Gasteiger partial charge in [-0.2, -0.15) is 0 Å². The molecule has 3 heteroatoms. The van der Waals surface area contributed by atoms with Crippen molar-refractivity contribution in [3.05, 3.63) is 0 Å². The van der Waals surface area contributed by atoms with Crippen molar-refractivity contribution in [3.63, 3.8) is 0 Å². The molecule has 6 atom stereocenters. The molecular weight excluding hydrogens is 180 g/mol. The average Bonchev–Trinajstić information content (AvgIpc) is 2.72. The highest BCUT2D eigenvalue weighted by molar-refractivity contribution is 5.11. The third kappa shape index (κ3) is 0.668. The molecule has 4 fully saturated rings. The molecule has 0 radical (unpaired) electrons. The SMILES string of the molecule is C[C@]12OC[C@@H]3C[C@@H]4CO[C@](C)(O1)[C@H]4[C@@H]32. The van der Waals surface area contributed by atoms with Gasteiger partial charge in [0.25, 0.3) is 0 Å². The van der Waals surface area contributed by atoms with Gasteiger partial charge in [0.2, 0.25) is 0 Å².